The average Bonchev–Trinajstić information content (AvgIpc) is 2.53. The summed E-state index contributed by atoms with van der Waals surface area (Å²) in [7, 11) is 0. The molecule has 4 heteroatoms. The zero-order valence-corrected chi connectivity index (χ0v) is 12.4. The second-order valence-corrected chi connectivity index (χ2v) is 7.14. The third-order valence-corrected chi connectivity index (χ3v) is 4.97. The van der Waals surface area contributed by atoms with E-state index in [-0.39, 0.29) is 5.60 Å². The first-order valence-electron chi connectivity index (χ1n) is 5.33. The predicted molar refractivity (Wildman–Crippen MR) is 69.8 cm³/mol. The van der Waals surface area contributed by atoms with Gasteiger partial charge >= 0.3 is 0 Å². The summed E-state index contributed by atoms with van der Waals surface area (Å²) < 4.78 is 6.93. The van der Waals surface area contributed by atoms with Crippen LogP contribution in [-0.4, -0.2) is 16.3 Å². The summed E-state index contributed by atoms with van der Waals surface area (Å²) in [5.41, 5.74) is -0.845. The minimum absolute atomic E-state index is 0.292. The lowest BCUT2D eigenvalue weighted by molar-refractivity contribution is -0.129. The van der Waals surface area contributed by atoms with Gasteiger partial charge in [-0.15, -0.1) is 0 Å². The van der Waals surface area contributed by atoms with E-state index in [1.54, 1.807) is 11.3 Å². The number of hydrogen-bond acceptors (Lipinski definition) is 3. The molecule has 1 unspecified atom stereocenters. The summed E-state index contributed by atoms with van der Waals surface area (Å²) in [5.74, 6) is 0. The van der Waals surface area contributed by atoms with Crippen LogP contribution in [0, 0.1) is 0 Å². The Morgan fingerprint density at radius 3 is 2.31 bits per heavy atom. The van der Waals surface area contributed by atoms with Crippen LogP contribution in [0.15, 0.2) is 15.2 Å². The number of halogens is 1. The normalized spacial score (nSPS) is 31.9. The van der Waals surface area contributed by atoms with Crippen LogP contribution < -0.4 is 0 Å². The lowest BCUT2D eigenvalue weighted by atomic mass is 9.78. The van der Waals surface area contributed by atoms with Crippen LogP contribution in [0.3, 0.4) is 0 Å². The van der Waals surface area contributed by atoms with Gasteiger partial charge in [-0.2, -0.15) is 11.3 Å². The monoisotopic (exact) mass is 304 g/mol. The Hall–Kier alpha value is 0.1000. The maximum absolute atomic E-state index is 10.9. The molecule has 0 bridgehead atoms. The van der Waals surface area contributed by atoms with Crippen LogP contribution >= 0.6 is 27.3 Å². The summed E-state index contributed by atoms with van der Waals surface area (Å²) in [4.78, 5) is 0. The van der Waals surface area contributed by atoms with Crippen molar-refractivity contribution in [3.8, 4) is 0 Å². The van der Waals surface area contributed by atoms with Crippen molar-refractivity contribution in [3.05, 3.63) is 20.8 Å². The molecule has 1 fully saturated rings. The van der Waals surface area contributed by atoms with Gasteiger partial charge in [0.2, 0.25) is 0 Å². The van der Waals surface area contributed by atoms with Crippen LogP contribution in [0.25, 0.3) is 0 Å². The molecule has 1 aliphatic rings. The molecule has 1 aliphatic heterocycles. The molecule has 1 atom stereocenters. The molecule has 2 rings (SSSR count). The molecule has 16 heavy (non-hydrogen) atoms. The van der Waals surface area contributed by atoms with E-state index in [4.69, 9.17) is 4.74 Å². The summed E-state index contributed by atoms with van der Waals surface area (Å²) >= 11 is 5.09. The Morgan fingerprint density at radius 1 is 1.31 bits per heavy atom. The quantitative estimate of drug-likeness (QED) is 0.857. The second kappa shape index (κ2) is 3.55. The Kier molecular flexibility index (Phi) is 2.78. The highest BCUT2D eigenvalue weighted by molar-refractivity contribution is 9.10. The second-order valence-electron chi connectivity index (χ2n) is 5.54. The van der Waals surface area contributed by atoms with Crippen molar-refractivity contribution >= 4 is 27.3 Å². The van der Waals surface area contributed by atoms with Crippen molar-refractivity contribution in [2.45, 2.75) is 50.9 Å². The van der Waals surface area contributed by atoms with E-state index in [1.165, 1.54) is 0 Å². The van der Waals surface area contributed by atoms with Gasteiger partial charge in [0.25, 0.3) is 0 Å². The Bertz CT molecular complexity index is 411. The molecule has 1 aromatic heterocycles. The van der Waals surface area contributed by atoms with Crippen LogP contribution in [0.5, 0.6) is 0 Å². The molecule has 0 aliphatic carbocycles. The molecule has 2 nitrogen and oxygen atoms in total. The van der Waals surface area contributed by atoms with E-state index >= 15 is 0 Å². The first-order chi connectivity index (χ1) is 7.18. The van der Waals surface area contributed by atoms with E-state index in [2.05, 4.69) is 15.9 Å². The highest BCUT2D eigenvalue weighted by Crippen LogP contribution is 2.52. The molecular formula is C12H17BrO2S. The van der Waals surface area contributed by atoms with Crippen molar-refractivity contribution < 1.29 is 9.84 Å². The fourth-order valence-electron chi connectivity index (χ4n) is 2.64. The molecule has 0 aromatic carbocycles. The smallest absolute Gasteiger partial charge is 0.123 e. The summed E-state index contributed by atoms with van der Waals surface area (Å²) in [6.45, 7) is 7.94. The van der Waals surface area contributed by atoms with Crippen molar-refractivity contribution in [1.29, 1.82) is 0 Å². The van der Waals surface area contributed by atoms with Crippen molar-refractivity contribution in [2.24, 2.45) is 0 Å². The molecule has 1 N–H and O–H groups in total. The van der Waals surface area contributed by atoms with Gasteiger partial charge in [0.15, 0.2) is 0 Å². The van der Waals surface area contributed by atoms with Crippen LogP contribution in [0.4, 0.5) is 0 Å². The fourth-order valence-corrected chi connectivity index (χ4v) is 4.33. The van der Waals surface area contributed by atoms with Gasteiger partial charge in [-0.3, -0.25) is 0 Å². The number of thiophene rings is 1. The summed E-state index contributed by atoms with van der Waals surface area (Å²) in [6, 6.07) is 0. The third-order valence-electron chi connectivity index (χ3n) is 3.27. The maximum atomic E-state index is 10.9. The van der Waals surface area contributed by atoms with Crippen molar-refractivity contribution in [2.75, 3.05) is 0 Å². The van der Waals surface area contributed by atoms with Gasteiger partial charge in [-0.05, 0) is 49.0 Å². The lowest BCUT2D eigenvalue weighted by Gasteiger charge is -2.35. The van der Waals surface area contributed by atoms with Crippen molar-refractivity contribution in [1.82, 2.24) is 0 Å². The minimum Gasteiger partial charge on any atom is -0.382 e. The van der Waals surface area contributed by atoms with E-state index < -0.39 is 11.2 Å². The van der Waals surface area contributed by atoms with Gasteiger partial charge in [0.05, 0.1) is 11.2 Å². The zero-order chi connectivity index (χ0) is 12.2. The van der Waals surface area contributed by atoms with Gasteiger partial charge in [-0.1, -0.05) is 0 Å². The molecule has 0 amide bonds. The average molecular weight is 305 g/mol. The lowest BCUT2D eigenvalue weighted by Crippen LogP contribution is -2.43. The molecule has 90 valence electrons. The maximum Gasteiger partial charge on any atom is 0.123 e. The van der Waals surface area contributed by atoms with E-state index in [0.29, 0.717) is 6.42 Å². The Balaban J connectivity index is 2.50. The van der Waals surface area contributed by atoms with Crippen molar-refractivity contribution in [3.63, 3.8) is 0 Å². The number of ether oxygens (including phenoxy) is 1. The van der Waals surface area contributed by atoms with E-state index in [1.807, 2.05) is 38.5 Å². The molecule has 2 heterocycles. The highest BCUT2D eigenvalue weighted by atomic mass is 79.9. The number of aliphatic hydroxyl groups is 1. The fraction of sp³-hybridized carbons (Fsp3) is 0.667. The summed E-state index contributed by atoms with van der Waals surface area (Å²) in [6.07, 6.45) is 0.613. The minimum atomic E-state index is -0.921. The van der Waals surface area contributed by atoms with Crippen LogP contribution in [0.2, 0.25) is 0 Å². The topological polar surface area (TPSA) is 29.5 Å². The number of rotatable bonds is 1. The first-order valence-corrected chi connectivity index (χ1v) is 7.06. The molecule has 0 radical (unpaired) electrons. The SMILES string of the molecule is CC1(C)CC(O)(c2cscc2Br)C(C)(C)O1. The largest absolute Gasteiger partial charge is 0.382 e. The number of hydrogen-bond donors (Lipinski definition) is 1. The highest BCUT2D eigenvalue weighted by Gasteiger charge is 2.58. The van der Waals surface area contributed by atoms with E-state index in [0.717, 1.165) is 10.0 Å². The molecule has 1 saturated heterocycles. The van der Waals surface area contributed by atoms with Gasteiger partial charge in [0, 0.05) is 21.8 Å². The molecule has 1 aromatic rings. The molecule has 0 saturated carbocycles. The molecule has 0 spiro atoms. The zero-order valence-electron chi connectivity index (χ0n) is 10.0. The first kappa shape index (κ1) is 12.6. The van der Waals surface area contributed by atoms with Gasteiger partial charge in [0.1, 0.15) is 5.60 Å². The molecular weight excluding hydrogens is 288 g/mol. The van der Waals surface area contributed by atoms with Crippen LogP contribution in [-0.2, 0) is 10.3 Å². The third kappa shape index (κ3) is 1.76. The summed E-state index contributed by atoms with van der Waals surface area (Å²) in [5, 5.41) is 14.9. The standard InChI is InChI=1S/C12H17BrO2S/c1-10(2)7-12(14,11(3,4)15-10)8-5-16-6-9(8)13/h5-6,14H,7H2,1-4H3. The van der Waals surface area contributed by atoms with E-state index in [9.17, 15) is 5.11 Å². The van der Waals surface area contributed by atoms with Crippen LogP contribution in [0.1, 0.15) is 39.7 Å². The Labute approximate surface area is 109 Å². The Morgan fingerprint density at radius 2 is 1.94 bits per heavy atom. The predicted octanol–water partition coefficient (Wildman–Crippen LogP) is 3.68. The van der Waals surface area contributed by atoms with Gasteiger partial charge in [-0.25, -0.2) is 0 Å². The van der Waals surface area contributed by atoms with Gasteiger partial charge < -0.3 is 9.84 Å².